The Kier molecular flexibility index (Phi) is 4.45. The van der Waals surface area contributed by atoms with Gasteiger partial charge < -0.3 is 10.2 Å². The van der Waals surface area contributed by atoms with Gasteiger partial charge in [0.15, 0.2) is 11.5 Å². The lowest BCUT2D eigenvalue weighted by Gasteiger charge is -2.26. The van der Waals surface area contributed by atoms with Crippen LogP contribution in [0.4, 0.5) is 20.3 Å². The lowest BCUT2D eigenvalue weighted by molar-refractivity contribution is 0.0717. The van der Waals surface area contributed by atoms with Gasteiger partial charge in [0.05, 0.1) is 5.69 Å². The van der Waals surface area contributed by atoms with Crippen molar-refractivity contribution in [3.05, 3.63) is 47.7 Å². The van der Waals surface area contributed by atoms with Crippen molar-refractivity contribution < 1.29 is 13.6 Å². The van der Waals surface area contributed by atoms with Crippen LogP contribution in [0.25, 0.3) is 0 Å². The van der Waals surface area contributed by atoms with E-state index in [0.29, 0.717) is 0 Å². The fourth-order valence-electron chi connectivity index (χ4n) is 2.50. The van der Waals surface area contributed by atoms with Crippen LogP contribution in [-0.4, -0.2) is 34.1 Å². The van der Waals surface area contributed by atoms with E-state index in [0.717, 1.165) is 44.5 Å². The van der Waals surface area contributed by atoms with Crippen LogP contribution in [0.1, 0.15) is 29.8 Å². The van der Waals surface area contributed by atoms with Gasteiger partial charge in [-0.1, -0.05) is 0 Å². The second-order valence-corrected chi connectivity index (χ2v) is 5.41. The molecule has 3 rings (SSSR count). The average molecular weight is 318 g/mol. The quantitative estimate of drug-likeness (QED) is 0.944. The van der Waals surface area contributed by atoms with Crippen molar-refractivity contribution in [3.8, 4) is 0 Å². The average Bonchev–Trinajstić information content (AvgIpc) is 2.58. The van der Waals surface area contributed by atoms with E-state index >= 15 is 0 Å². The van der Waals surface area contributed by atoms with Crippen molar-refractivity contribution in [2.24, 2.45) is 0 Å². The summed E-state index contributed by atoms with van der Waals surface area (Å²) >= 11 is 0. The molecule has 0 saturated carbocycles. The number of likely N-dealkylation sites (tertiary alicyclic amines) is 1. The number of rotatable bonds is 3. The largest absolute Gasteiger partial charge is 0.337 e. The minimum Gasteiger partial charge on any atom is -0.337 e. The smallest absolute Gasteiger partial charge is 0.274 e. The molecular formula is C16H16F2N4O. The molecule has 0 radical (unpaired) electrons. The van der Waals surface area contributed by atoms with Gasteiger partial charge in [-0.25, -0.2) is 8.78 Å². The summed E-state index contributed by atoms with van der Waals surface area (Å²) in [7, 11) is 0. The Balaban J connectivity index is 1.70. The van der Waals surface area contributed by atoms with Crippen LogP contribution >= 0.6 is 0 Å². The van der Waals surface area contributed by atoms with Crippen molar-refractivity contribution in [2.45, 2.75) is 19.3 Å². The maximum atomic E-state index is 13.6. The summed E-state index contributed by atoms with van der Waals surface area (Å²) in [5, 5.41) is 10.5. The first-order chi connectivity index (χ1) is 11.1. The van der Waals surface area contributed by atoms with Gasteiger partial charge in [-0.15, -0.1) is 10.2 Å². The molecule has 1 N–H and O–H groups in total. The Bertz CT molecular complexity index is 700. The number of hydrogen-bond acceptors (Lipinski definition) is 4. The lowest BCUT2D eigenvalue weighted by atomic mass is 10.1. The molecule has 1 aromatic carbocycles. The fourth-order valence-corrected chi connectivity index (χ4v) is 2.50. The number of aromatic nitrogens is 2. The molecule has 23 heavy (non-hydrogen) atoms. The van der Waals surface area contributed by atoms with Crippen LogP contribution in [0.3, 0.4) is 0 Å². The van der Waals surface area contributed by atoms with Crippen LogP contribution in [0.2, 0.25) is 0 Å². The number of nitrogens with one attached hydrogen (secondary N) is 1. The highest BCUT2D eigenvalue weighted by Gasteiger charge is 2.19. The predicted octanol–water partition coefficient (Wildman–Crippen LogP) is 3.12. The highest BCUT2D eigenvalue weighted by molar-refractivity contribution is 5.92. The maximum absolute atomic E-state index is 13.6. The molecule has 1 amide bonds. The number of nitrogens with zero attached hydrogens (tertiary/aromatic N) is 3. The monoisotopic (exact) mass is 318 g/mol. The first-order valence-electron chi connectivity index (χ1n) is 7.48. The Morgan fingerprint density at radius 2 is 1.83 bits per heavy atom. The Labute approximate surface area is 132 Å². The Hall–Kier alpha value is -2.57. The number of piperidine rings is 1. The van der Waals surface area contributed by atoms with Gasteiger partial charge in [0.2, 0.25) is 0 Å². The minimum absolute atomic E-state index is 0.0933. The van der Waals surface area contributed by atoms with Gasteiger partial charge in [-0.2, -0.15) is 0 Å². The topological polar surface area (TPSA) is 58.1 Å². The molecule has 2 aromatic rings. The summed E-state index contributed by atoms with van der Waals surface area (Å²) in [6, 6.07) is 6.30. The molecule has 1 aliphatic rings. The molecular weight excluding hydrogens is 302 g/mol. The first-order valence-corrected chi connectivity index (χ1v) is 7.48. The Morgan fingerprint density at radius 1 is 1.04 bits per heavy atom. The van der Waals surface area contributed by atoms with E-state index in [1.165, 1.54) is 6.07 Å². The van der Waals surface area contributed by atoms with Crippen molar-refractivity contribution in [2.75, 3.05) is 18.4 Å². The van der Waals surface area contributed by atoms with Gasteiger partial charge in [0, 0.05) is 19.2 Å². The second kappa shape index (κ2) is 6.68. The molecule has 0 spiro atoms. The van der Waals surface area contributed by atoms with E-state index < -0.39 is 11.6 Å². The third kappa shape index (κ3) is 3.61. The number of carbonyl (C=O) groups is 1. The van der Waals surface area contributed by atoms with Gasteiger partial charge in [-0.3, -0.25) is 4.79 Å². The summed E-state index contributed by atoms with van der Waals surface area (Å²) in [6.07, 6.45) is 3.15. The van der Waals surface area contributed by atoms with Crippen molar-refractivity contribution in [1.29, 1.82) is 0 Å². The van der Waals surface area contributed by atoms with Gasteiger partial charge in [0.1, 0.15) is 11.6 Å². The van der Waals surface area contributed by atoms with Crippen LogP contribution in [0.15, 0.2) is 30.3 Å². The molecule has 0 bridgehead atoms. The highest BCUT2D eigenvalue weighted by atomic mass is 19.1. The number of hydrogen-bond donors (Lipinski definition) is 1. The molecule has 1 aliphatic heterocycles. The zero-order valence-corrected chi connectivity index (χ0v) is 12.4. The zero-order valence-electron chi connectivity index (χ0n) is 12.4. The number of halogens is 2. The van der Waals surface area contributed by atoms with Crippen LogP contribution in [-0.2, 0) is 0 Å². The standard InChI is InChI=1S/C16H16F2N4O/c17-11-4-5-13(12(18)10-11)19-15-7-6-14(20-21-15)16(23)22-8-2-1-3-9-22/h4-7,10H,1-3,8-9H2,(H,19,21). The normalized spacial score (nSPS) is 14.6. The molecule has 7 heteroatoms. The molecule has 1 aromatic heterocycles. The van der Waals surface area contributed by atoms with E-state index in [9.17, 15) is 13.6 Å². The third-order valence-corrected chi connectivity index (χ3v) is 3.72. The van der Waals surface area contributed by atoms with Crippen molar-refractivity contribution in [3.63, 3.8) is 0 Å². The van der Waals surface area contributed by atoms with E-state index in [-0.39, 0.29) is 23.1 Å². The van der Waals surface area contributed by atoms with Crippen LogP contribution < -0.4 is 5.32 Å². The summed E-state index contributed by atoms with van der Waals surface area (Å²) in [5.41, 5.74) is 0.354. The number of carbonyl (C=O) groups excluding carboxylic acids is 1. The van der Waals surface area contributed by atoms with Gasteiger partial charge in [0.25, 0.3) is 5.91 Å². The van der Waals surface area contributed by atoms with E-state index in [4.69, 9.17) is 0 Å². The summed E-state index contributed by atoms with van der Waals surface area (Å²) < 4.78 is 26.4. The minimum atomic E-state index is -0.722. The molecule has 0 atom stereocenters. The number of amides is 1. The lowest BCUT2D eigenvalue weighted by Crippen LogP contribution is -2.36. The molecule has 1 fully saturated rings. The van der Waals surface area contributed by atoms with Gasteiger partial charge in [-0.05, 0) is 43.5 Å². The third-order valence-electron chi connectivity index (χ3n) is 3.72. The van der Waals surface area contributed by atoms with Crippen LogP contribution in [0.5, 0.6) is 0 Å². The molecule has 1 saturated heterocycles. The second-order valence-electron chi connectivity index (χ2n) is 5.41. The zero-order chi connectivity index (χ0) is 16.2. The summed E-state index contributed by atoms with van der Waals surface area (Å²) in [6.45, 7) is 1.47. The molecule has 0 aliphatic carbocycles. The summed E-state index contributed by atoms with van der Waals surface area (Å²) in [5.74, 6) is -1.23. The SMILES string of the molecule is O=C(c1ccc(Nc2ccc(F)cc2F)nn1)N1CCCCC1. The number of anilines is 2. The van der Waals surface area contributed by atoms with Gasteiger partial charge >= 0.3 is 0 Å². The molecule has 0 unspecified atom stereocenters. The highest BCUT2D eigenvalue weighted by Crippen LogP contribution is 2.19. The van der Waals surface area contributed by atoms with Crippen LogP contribution in [0, 0.1) is 11.6 Å². The first kappa shape index (κ1) is 15.3. The van der Waals surface area contributed by atoms with E-state index in [2.05, 4.69) is 15.5 Å². The van der Waals surface area contributed by atoms with Crippen molar-refractivity contribution in [1.82, 2.24) is 15.1 Å². The fraction of sp³-hybridized carbons (Fsp3) is 0.312. The maximum Gasteiger partial charge on any atom is 0.274 e. The van der Waals surface area contributed by atoms with E-state index in [1.807, 2.05) is 0 Å². The summed E-state index contributed by atoms with van der Waals surface area (Å²) in [4.78, 5) is 14.0. The number of benzene rings is 1. The molecule has 2 heterocycles. The van der Waals surface area contributed by atoms with Crippen molar-refractivity contribution >= 4 is 17.4 Å². The predicted molar refractivity (Wildman–Crippen MR) is 81.4 cm³/mol. The molecule has 5 nitrogen and oxygen atoms in total. The molecule has 120 valence electrons. The Morgan fingerprint density at radius 3 is 2.48 bits per heavy atom. The van der Waals surface area contributed by atoms with E-state index in [1.54, 1.807) is 17.0 Å².